The molecule has 0 spiro atoms. The highest BCUT2D eigenvalue weighted by atomic mass is 16.2. The van der Waals surface area contributed by atoms with Crippen LogP contribution in [0, 0.1) is 0 Å². The molecule has 6 amide bonds. The van der Waals surface area contributed by atoms with Crippen LogP contribution in [0.25, 0.3) is 32.7 Å². The molecule has 0 bridgehead atoms. The van der Waals surface area contributed by atoms with Crippen molar-refractivity contribution in [3.8, 4) is 0 Å². The molecule has 129 heavy (non-hydrogen) atoms. The van der Waals surface area contributed by atoms with E-state index in [2.05, 4.69) is 140 Å². The van der Waals surface area contributed by atoms with Crippen molar-refractivity contribution >= 4 is 86.0 Å². The van der Waals surface area contributed by atoms with E-state index in [4.69, 9.17) is 34.4 Å². The molecule has 28 nitrogen and oxygen atoms in total. The van der Waals surface area contributed by atoms with E-state index < -0.39 is 18.1 Å². The summed E-state index contributed by atoms with van der Waals surface area (Å²) in [5.41, 5.74) is 43.4. The number of pyridine rings is 2. The third-order valence-corrected chi connectivity index (χ3v) is 23.6. The van der Waals surface area contributed by atoms with Gasteiger partial charge in [0.1, 0.15) is 11.4 Å². The zero-order chi connectivity index (χ0) is 90.1. The maximum absolute atomic E-state index is 14.0. The SMILES string of the molecule is NC(N)=NCCC[C@@H]1N[C@H](CNC(=O)c2cc3ccccc3cn2)CCN(CC(c2ccccc2)c2ccccc2)C1=O.NC(N)=NCCC[C@@H]1N[C@H](CNC(=O)c2cnc3ccccc3c2)CCN(CC(c2ccccc2)c2ccccc2)C1=O.NC(N)=NCCC[C@@H]1N[C@H](CNC(=O)c2cnc3ccccc3n2)CCN(CC(c2ccccc2)c2ccccc2)C1=O. The van der Waals surface area contributed by atoms with Gasteiger partial charge in [0, 0.05) is 138 Å². The predicted octanol–water partition coefficient (Wildman–Crippen LogP) is 9.62. The molecule has 28 heteroatoms. The standard InChI is InChI=1S/2C34H39N7O2.C33H38N8O2/c35-34(36)37-18-9-16-31-33(43)41(23-29(24-10-3-1-4-11-24)25-12-5-2-6-13-25)19-17-28(40-31)22-39-32(42)27-20-26-14-7-8-15-30(26)38-21-27;35-34(36)37-18-9-16-30-33(43)41(23-29(24-10-3-1-4-11-24)25-12-5-2-6-13-25)19-17-28(40-30)22-39-32(42)31-20-26-14-7-8-15-27(26)21-38-31;34-33(35)36-18-9-16-29-32(43)41(22-26(23-10-3-1-4-11-23)24-12-5-2-6-13-24)19-17-25(39-29)20-38-31(42)30-21-37-27-14-7-8-15-28(27)40-30/h1-8,10-15,20-21,28-29,31,40H,9,16-19,22-23H2,(H,39,42)(H4,35,36,37);1-8,10-15,20-21,28-30,40H,9,16-19,22-23H2,(H,39,42)(H4,35,36,37);1-8,10-15,21,25-26,29,39H,9,16-20,22H2,(H,38,42)(H4,34,35,36)/t28-,31-;28-,30-;25-,29-/m000/s1. The van der Waals surface area contributed by atoms with Crippen molar-refractivity contribution in [3.63, 3.8) is 0 Å². The maximum Gasteiger partial charge on any atom is 0.271 e. The molecule has 18 N–H and O–H groups in total. The monoisotopic (exact) mass is 1730 g/mol. The first kappa shape index (κ1) is 92.3. The third kappa shape index (κ3) is 27.1. The molecular formula is C101H116N22O6. The topological polar surface area (TPSA) is 429 Å². The molecule has 15 rings (SSSR count). The van der Waals surface area contributed by atoms with Crippen LogP contribution in [0.4, 0.5) is 0 Å². The van der Waals surface area contributed by atoms with E-state index in [9.17, 15) is 28.8 Å². The quantitative estimate of drug-likeness (QED) is 0.0103. The smallest absolute Gasteiger partial charge is 0.271 e. The van der Waals surface area contributed by atoms with Crippen molar-refractivity contribution in [1.29, 1.82) is 0 Å². The Kier molecular flexibility index (Phi) is 33.8. The van der Waals surface area contributed by atoms with E-state index in [1.165, 1.54) is 6.20 Å². The number of fused-ring (bicyclic) bond motifs is 3. The Morgan fingerprint density at radius 3 is 1.05 bits per heavy atom. The Labute approximate surface area is 752 Å². The first-order valence-corrected chi connectivity index (χ1v) is 44.3. The van der Waals surface area contributed by atoms with Crippen LogP contribution in [0.2, 0.25) is 0 Å². The second-order valence-corrected chi connectivity index (χ2v) is 32.6. The van der Waals surface area contributed by atoms with Crippen LogP contribution in [0.3, 0.4) is 0 Å². The second kappa shape index (κ2) is 47.3. The van der Waals surface area contributed by atoms with Crippen molar-refractivity contribution < 1.29 is 28.8 Å². The van der Waals surface area contributed by atoms with Gasteiger partial charge in [0.2, 0.25) is 17.7 Å². The number of nitrogens with two attached hydrogens (primary N) is 6. The molecular weight excluding hydrogens is 1620 g/mol. The van der Waals surface area contributed by atoms with Crippen molar-refractivity contribution in [2.24, 2.45) is 49.4 Å². The van der Waals surface area contributed by atoms with Gasteiger partial charge in [-0.25, -0.2) is 4.98 Å². The number of hydrogen-bond acceptors (Lipinski definition) is 16. The number of rotatable bonds is 33. The lowest BCUT2D eigenvalue weighted by molar-refractivity contribution is -0.133. The van der Waals surface area contributed by atoms with Crippen molar-refractivity contribution in [1.82, 2.24) is 66.5 Å². The van der Waals surface area contributed by atoms with Gasteiger partial charge in [-0.3, -0.25) is 58.7 Å². The fraction of sp³-hybridized carbons (Fsp3) is 0.297. The molecule has 0 saturated carbocycles. The molecule has 6 atom stereocenters. The van der Waals surface area contributed by atoms with Gasteiger partial charge in [0.05, 0.1) is 46.4 Å². The number of guanidine groups is 3. The molecule has 0 aliphatic carbocycles. The Morgan fingerprint density at radius 1 is 0.349 bits per heavy atom. The van der Waals surface area contributed by atoms with Gasteiger partial charge in [-0.2, -0.15) is 0 Å². The number of benzene rings is 9. The zero-order valence-electron chi connectivity index (χ0n) is 72.6. The van der Waals surface area contributed by atoms with Gasteiger partial charge in [-0.05, 0) is 127 Å². The molecule has 666 valence electrons. The van der Waals surface area contributed by atoms with E-state index in [0.29, 0.717) is 153 Å². The van der Waals surface area contributed by atoms with E-state index >= 15 is 0 Å². The molecule has 3 aliphatic heterocycles. The van der Waals surface area contributed by atoms with Crippen LogP contribution < -0.4 is 66.3 Å². The predicted molar refractivity (Wildman–Crippen MR) is 510 cm³/mol. The minimum atomic E-state index is -0.439. The average Bonchev–Trinajstić information content (AvgIpc) is 1.78. The minimum absolute atomic E-state index is 0.0244. The molecule has 3 saturated heterocycles. The highest BCUT2D eigenvalue weighted by Crippen LogP contribution is 2.32. The third-order valence-electron chi connectivity index (χ3n) is 23.6. The van der Waals surface area contributed by atoms with Crippen molar-refractivity contribution in [2.75, 3.05) is 78.5 Å². The Morgan fingerprint density at radius 2 is 0.667 bits per heavy atom. The van der Waals surface area contributed by atoms with Crippen LogP contribution >= 0.6 is 0 Å². The molecule has 12 aromatic rings. The maximum atomic E-state index is 14.0. The van der Waals surface area contributed by atoms with E-state index in [1.807, 2.05) is 203 Å². The largest absolute Gasteiger partial charge is 0.370 e. The van der Waals surface area contributed by atoms with Gasteiger partial charge in [-0.1, -0.05) is 237 Å². The molecule has 3 aliphatic rings. The summed E-state index contributed by atoms with van der Waals surface area (Å²) in [7, 11) is 0. The number of para-hydroxylation sites is 3. The second-order valence-electron chi connectivity index (χ2n) is 32.6. The normalized spacial score (nSPS) is 17.0. The number of aliphatic imine (C=N–C) groups is 3. The highest BCUT2D eigenvalue weighted by molar-refractivity contribution is 5.98. The van der Waals surface area contributed by atoms with Gasteiger partial charge in [0.25, 0.3) is 17.7 Å². The Bertz CT molecular complexity index is 5060. The zero-order valence-corrected chi connectivity index (χ0v) is 72.6. The lowest BCUT2D eigenvalue weighted by atomic mass is 9.90. The first-order valence-electron chi connectivity index (χ1n) is 44.3. The lowest BCUT2D eigenvalue weighted by Crippen LogP contribution is -2.49. The van der Waals surface area contributed by atoms with Crippen molar-refractivity contribution in [3.05, 3.63) is 336 Å². The van der Waals surface area contributed by atoms with Gasteiger partial charge < -0.3 is 81.0 Å². The van der Waals surface area contributed by atoms with Crippen LogP contribution in [0.5, 0.6) is 0 Å². The van der Waals surface area contributed by atoms with Crippen LogP contribution in [-0.4, -0.2) is 203 Å². The highest BCUT2D eigenvalue weighted by Gasteiger charge is 2.37. The Hall–Kier alpha value is -14.4. The summed E-state index contributed by atoms with van der Waals surface area (Å²) >= 11 is 0. The molecule has 6 heterocycles. The molecule has 0 unspecified atom stereocenters. The van der Waals surface area contributed by atoms with E-state index in [-0.39, 0.29) is 94.9 Å². The fourth-order valence-corrected chi connectivity index (χ4v) is 16.8. The average molecular weight is 1730 g/mol. The fourth-order valence-electron chi connectivity index (χ4n) is 16.8. The van der Waals surface area contributed by atoms with Crippen LogP contribution in [0.15, 0.2) is 300 Å². The number of carbonyl (C=O) groups excluding carboxylic acids is 6. The Balaban J connectivity index is 0.000000165. The molecule has 9 aromatic carbocycles. The summed E-state index contributed by atoms with van der Waals surface area (Å²) in [5, 5.41) is 22.5. The van der Waals surface area contributed by atoms with Crippen LogP contribution in [-0.2, 0) is 14.4 Å². The van der Waals surface area contributed by atoms with Gasteiger partial charge in [0.15, 0.2) is 17.9 Å². The summed E-state index contributed by atoms with van der Waals surface area (Å²) < 4.78 is 0. The van der Waals surface area contributed by atoms with Gasteiger partial charge >= 0.3 is 0 Å². The number of nitrogens with one attached hydrogen (secondary N) is 6. The number of carbonyl (C=O) groups is 6. The summed E-state index contributed by atoms with van der Waals surface area (Å²) in [6.07, 6.45) is 10.5. The first-order chi connectivity index (χ1) is 62.9. The molecule has 0 radical (unpaired) electrons. The minimum Gasteiger partial charge on any atom is -0.370 e. The summed E-state index contributed by atoms with van der Waals surface area (Å²) in [6.45, 7) is 5.79. The lowest BCUT2D eigenvalue weighted by Gasteiger charge is -2.29. The molecule has 3 fully saturated rings. The number of aromatic nitrogens is 4. The van der Waals surface area contributed by atoms with E-state index in [1.54, 1.807) is 18.5 Å². The number of nitrogens with zero attached hydrogens (tertiary/aromatic N) is 10. The van der Waals surface area contributed by atoms with E-state index in [0.717, 1.165) is 60.6 Å². The van der Waals surface area contributed by atoms with Crippen molar-refractivity contribution in [2.45, 2.75) is 112 Å². The van der Waals surface area contributed by atoms with Gasteiger partial charge in [-0.15, -0.1) is 0 Å². The molecule has 3 aromatic heterocycles. The number of amides is 6. The summed E-state index contributed by atoms with van der Waals surface area (Å²) in [6, 6.07) is 86.8. The number of hydrogen-bond donors (Lipinski definition) is 12. The van der Waals surface area contributed by atoms with Crippen LogP contribution in [0.1, 0.15) is 140 Å². The summed E-state index contributed by atoms with van der Waals surface area (Å²) in [4.78, 5) is 117. The summed E-state index contributed by atoms with van der Waals surface area (Å²) in [5.74, 6) is -0.389.